The van der Waals surface area contributed by atoms with Crippen LogP contribution in [-0.4, -0.2) is 27.2 Å². The van der Waals surface area contributed by atoms with Crippen LogP contribution in [0.5, 0.6) is 11.5 Å². The van der Waals surface area contributed by atoms with E-state index in [9.17, 15) is 4.79 Å². The molecule has 0 saturated carbocycles. The van der Waals surface area contributed by atoms with Crippen molar-refractivity contribution in [1.29, 1.82) is 0 Å². The summed E-state index contributed by atoms with van der Waals surface area (Å²) < 4.78 is 11.0. The first kappa shape index (κ1) is 14.9. The summed E-state index contributed by atoms with van der Waals surface area (Å²) in [6.07, 6.45) is 0. The fraction of sp³-hybridized carbons (Fsp3) is 0.235. The van der Waals surface area contributed by atoms with E-state index in [2.05, 4.69) is 6.58 Å². The van der Waals surface area contributed by atoms with Crippen LogP contribution < -0.4 is 14.4 Å². The standard InChI is InChI=1S/C17H19NO3/c1-11(2)17(19)21-16-13-9-7-6-8-12(13)15(20-5)10-14(16)18(3)4/h6-10H,1H2,2-5H3. The quantitative estimate of drug-likeness (QED) is 0.490. The van der Waals surface area contributed by atoms with Crippen molar-refractivity contribution in [2.45, 2.75) is 6.92 Å². The third-order valence-corrected chi connectivity index (χ3v) is 3.18. The second-order valence-corrected chi connectivity index (χ2v) is 5.04. The SMILES string of the molecule is C=C(C)C(=O)Oc1c(N(C)C)cc(OC)c2ccccc12. The Bertz CT molecular complexity index is 704. The highest BCUT2D eigenvalue weighted by Gasteiger charge is 2.18. The number of carbonyl (C=O) groups is 1. The van der Waals surface area contributed by atoms with Gasteiger partial charge < -0.3 is 14.4 Å². The zero-order valence-corrected chi connectivity index (χ0v) is 12.8. The molecule has 0 spiro atoms. The minimum absolute atomic E-state index is 0.361. The van der Waals surface area contributed by atoms with E-state index in [0.717, 1.165) is 22.2 Å². The molecule has 110 valence electrons. The number of hydrogen-bond acceptors (Lipinski definition) is 4. The van der Waals surface area contributed by atoms with Gasteiger partial charge in [-0.25, -0.2) is 4.79 Å². The minimum atomic E-state index is -0.437. The maximum absolute atomic E-state index is 11.9. The van der Waals surface area contributed by atoms with Crippen LogP contribution in [0.4, 0.5) is 5.69 Å². The highest BCUT2D eigenvalue weighted by molar-refractivity contribution is 6.01. The van der Waals surface area contributed by atoms with E-state index in [-0.39, 0.29) is 0 Å². The number of fused-ring (bicyclic) bond motifs is 1. The van der Waals surface area contributed by atoms with Crippen molar-refractivity contribution >= 4 is 22.4 Å². The number of hydrogen-bond donors (Lipinski definition) is 0. The van der Waals surface area contributed by atoms with Crippen molar-refractivity contribution in [2.75, 3.05) is 26.1 Å². The molecule has 2 aromatic carbocycles. The molecular formula is C17H19NO3. The third-order valence-electron chi connectivity index (χ3n) is 3.18. The molecule has 2 rings (SSSR count). The van der Waals surface area contributed by atoms with E-state index in [4.69, 9.17) is 9.47 Å². The van der Waals surface area contributed by atoms with Gasteiger partial charge in [0, 0.05) is 36.5 Å². The lowest BCUT2D eigenvalue weighted by Gasteiger charge is -2.20. The molecular weight excluding hydrogens is 266 g/mol. The first-order chi connectivity index (χ1) is 9.95. The highest BCUT2D eigenvalue weighted by atomic mass is 16.5. The lowest BCUT2D eigenvalue weighted by atomic mass is 10.1. The average Bonchev–Trinajstić information content (AvgIpc) is 2.46. The van der Waals surface area contributed by atoms with E-state index in [1.807, 2.05) is 49.3 Å². The topological polar surface area (TPSA) is 38.8 Å². The van der Waals surface area contributed by atoms with Crippen LogP contribution in [0.3, 0.4) is 0 Å². The molecule has 21 heavy (non-hydrogen) atoms. The zero-order chi connectivity index (χ0) is 15.6. The van der Waals surface area contributed by atoms with E-state index in [0.29, 0.717) is 11.3 Å². The molecule has 0 aliphatic rings. The number of carbonyl (C=O) groups excluding carboxylic acids is 1. The largest absolute Gasteiger partial charge is 0.496 e. The van der Waals surface area contributed by atoms with Gasteiger partial charge in [0.25, 0.3) is 0 Å². The second-order valence-electron chi connectivity index (χ2n) is 5.04. The first-order valence-corrected chi connectivity index (χ1v) is 6.60. The van der Waals surface area contributed by atoms with Gasteiger partial charge in [-0.2, -0.15) is 0 Å². The Morgan fingerprint density at radius 1 is 1.19 bits per heavy atom. The fourth-order valence-corrected chi connectivity index (χ4v) is 2.09. The molecule has 0 saturated heterocycles. The molecule has 0 N–H and O–H groups in total. The summed E-state index contributed by atoms with van der Waals surface area (Å²) in [5.41, 5.74) is 1.14. The second kappa shape index (κ2) is 5.87. The van der Waals surface area contributed by atoms with Crippen LogP contribution in [-0.2, 0) is 4.79 Å². The van der Waals surface area contributed by atoms with Gasteiger partial charge in [-0.1, -0.05) is 30.8 Å². The first-order valence-electron chi connectivity index (χ1n) is 6.60. The Kier molecular flexibility index (Phi) is 4.17. The summed E-state index contributed by atoms with van der Waals surface area (Å²) in [6.45, 7) is 5.26. The Balaban J connectivity index is 2.73. The predicted molar refractivity (Wildman–Crippen MR) is 85.3 cm³/mol. The smallest absolute Gasteiger partial charge is 0.338 e. The number of nitrogens with zero attached hydrogens (tertiary/aromatic N) is 1. The van der Waals surface area contributed by atoms with E-state index in [1.54, 1.807) is 14.0 Å². The molecule has 0 aliphatic heterocycles. The number of anilines is 1. The molecule has 0 atom stereocenters. The number of benzene rings is 2. The molecule has 0 aliphatic carbocycles. The molecule has 4 nitrogen and oxygen atoms in total. The summed E-state index contributed by atoms with van der Waals surface area (Å²) in [7, 11) is 5.41. The van der Waals surface area contributed by atoms with Crippen molar-refractivity contribution in [3.05, 3.63) is 42.5 Å². The van der Waals surface area contributed by atoms with Crippen LogP contribution in [0.15, 0.2) is 42.5 Å². The molecule has 0 heterocycles. The van der Waals surface area contributed by atoms with Gasteiger partial charge in [0.15, 0.2) is 5.75 Å². The molecule has 0 amide bonds. The maximum atomic E-state index is 11.9. The Morgan fingerprint density at radius 2 is 1.81 bits per heavy atom. The van der Waals surface area contributed by atoms with E-state index in [1.165, 1.54) is 0 Å². The van der Waals surface area contributed by atoms with Crippen LogP contribution >= 0.6 is 0 Å². The molecule has 0 bridgehead atoms. The van der Waals surface area contributed by atoms with E-state index < -0.39 is 5.97 Å². The number of esters is 1. The monoisotopic (exact) mass is 285 g/mol. The maximum Gasteiger partial charge on any atom is 0.338 e. The average molecular weight is 285 g/mol. The van der Waals surface area contributed by atoms with Gasteiger partial charge in [-0.05, 0) is 6.92 Å². The zero-order valence-electron chi connectivity index (χ0n) is 12.8. The van der Waals surface area contributed by atoms with E-state index >= 15 is 0 Å². The van der Waals surface area contributed by atoms with Crippen LogP contribution in [0.2, 0.25) is 0 Å². The van der Waals surface area contributed by atoms with Crippen LogP contribution in [0.1, 0.15) is 6.92 Å². The number of methoxy groups -OCH3 is 1. The Morgan fingerprint density at radius 3 is 2.33 bits per heavy atom. The van der Waals surface area contributed by atoms with Gasteiger partial charge in [0.1, 0.15) is 5.75 Å². The van der Waals surface area contributed by atoms with Crippen molar-refractivity contribution in [2.24, 2.45) is 0 Å². The molecule has 4 heteroatoms. The van der Waals surface area contributed by atoms with Crippen LogP contribution in [0.25, 0.3) is 10.8 Å². The Labute approximate surface area is 124 Å². The summed E-state index contributed by atoms with van der Waals surface area (Å²) >= 11 is 0. The lowest BCUT2D eigenvalue weighted by molar-refractivity contribution is -0.129. The third kappa shape index (κ3) is 2.84. The van der Waals surface area contributed by atoms with Gasteiger partial charge >= 0.3 is 5.97 Å². The summed E-state index contributed by atoms with van der Waals surface area (Å²) in [5, 5.41) is 1.73. The Hall–Kier alpha value is -2.49. The summed E-state index contributed by atoms with van der Waals surface area (Å²) in [4.78, 5) is 13.8. The molecule has 0 fully saturated rings. The molecule has 0 aromatic heterocycles. The van der Waals surface area contributed by atoms with Crippen molar-refractivity contribution in [3.63, 3.8) is 0 Å². The normalized spacial score (nSPS) is 10.3. The van der Waals surface area contributed by atoms with Gasteiger partial charge in [0.05, 0.1) is 12.8 Å². The molecule has 0 radical (unpaired) electrons. The van der Waals surface area contributed by atoms with Gasteiger partial charge in [-0.15, -0.1) is 0 Å². The van der Waals surface area contributed by atoms with Gasteiger partial charge in [0.2, 0.25) is 0 Å². The van der Waals surface area contributed by atoms with Gasteiger partial charge in [-0.3, -0.25) is 0 Å². The van der Waals surface area contributed by atoms with Crippen LogP contribution in [0, 0.1) is 0 Å². The fourth-order valence-electron chi connectivity index (χ4n) is 2.09. The molecule has 2 aromatic rings. The predicted octanol–water partition coefficient (Wildman–Crippen LogP) is 3.40. The minimum Gasteiger partial charge on any atom is -0.496 e. The highest BCUT2D eigenvalue weighted by Crippen LogP contribution is 2.41. The summed E-state index contributed by atoms with van der Waals surface area (Å²) in [5.74, 6) is 0.822. The number of rotatable bonds is 4. The lowest BCUT2D eigenvalue weighted by Crippen LogP contribution is -2.15. The summed E-state index contributed by atoms with van der Waals surface area (Å²) in [6, 6.07) is 9.53. The van der Waals surface area contributed by atoms with Crippen molar-refractivity contribution < 1.29 is 14.3 Å². The van der Waals surface area contributed by atoms with Crippen molar-refractivity contribution in [3.8, 4) is 11.5 Å². The van der Waals surface area contributed by atoms with Crippen molar-refractivity contribution in [1.82, 2.24) is 0 Å². The molecule has 0 unspecified atom stereocenters. The number of ether oxygens (including phenoxy) is 2.